The molecule has 0 bridgehead atoms. The van der Waals surface area contributed by atoms with Crippen LogP contribution in [0, 0.1) is 6.92 Å². The van der Waals surface area contributed by atoms with E-state index in [0.717, 1.165) is 56.3 Å². The summed E-state index contributed by atoms with van der Waals surface area (Å²) in [7, 11) is 0. The average molecular weight is 957 g/mol. The van der Waals surface area contributed by atoms with Crippen molar-refractivity contribution in [1.29, 1.82) is 0 Å². The Kier molecular flexibility index (Phi) is 10.2. The number of aryl methyl sites for hydroxylation is 1. The van der Waals surface area contributed by atoms with Crippen molar-refractivity contribution in [2.75, 3.05) is 20.9 Å². The lowest BCUT2D eigenvalue weighted by molar-refractivity contribution is 0.632. The molecule has 0 aliphatic carbocycles. The third-order valence-corrected chi connectivity index (χ3v) is 16.7. The smallest absolute Gasteiger partial charge is 0.0502 e. The third kappa shape index (κ3) is 6.95. The fourth-order valence-corrected chi connectivity index (χ4v) is 12.7. The highest BCUT2D eigenvalue weighted by Crippen LogP contribution is 2.55. The molecule has 74 heavy (non-hydrogen) atoms. The molecule has 3 aliphatic rings. The number of rotatable bonds is 6. The van der Waals surface area contributed by atoms with E-state index < -0.39 is 0 Å². The summed E-state index contributed by atoms with van der Waals surface area (Å²) in [6.45, 7) is 16.3. The first-order valence-electron chi connectivity index (χ1n) is 26.0. The van der Waals surface area contributed by atoms with Gasteiger partial charge in [-0.15, -0.1) is 0 Å². The van der Waals surface area contributed by atoms with Crippen LogP contribution in [-0.2, 0) is 16.2 Å². The lowest BCUT2D eigenvalue weighted by atomic mass is 9.71. The van der Waals surface area contributed by atoms with E-state index in [0.29, 0.717) is 0 Å². The molecule has 13 rings (SSSR count). The Morgan fingerprint density at radius 2 is 0.770 bits per heavy atom. The second kappa shape index (κ2) is 16.7. The highest BCUT2D eigenvalue weighted by Gasteiger charge is 2.39. The predicted octanol–water partition coefficient (Wildman–Crippen LogP) is 18.8. The summed E-state index contributed by atoms with van der Waals surface area (Å²) in [4.78, 5) is 4.83. The minimum absolute atomic E-state index is 0.0994. The van der Waals surface area contributed by atoms with Crippen LogP contribution in [0.4, 0.5) is 51.2 Å². The maximum atomic E-state index is 6.94. The molecular formula is C70H60N4. The van der Waals surface area contributed by atoms with Gasteiger partial charge in [-0.3, -0.25) is 0 Å². The standard InChI is InChI=1S/C70H60N4/c1-44-27-28-49(42-53(44)54-41-47(33-39-60(54)71)45-29-35-50(36-30-45)73-63-23-12-8-18-55(63)68(2,3)56-19-9-13-24-64(56)73)52-17-16-22-62-67(52)70(6,7)59-43-48(34-40-61(59)72-62)46-31-37-51(38-32-46)74-65-25-14-10-20-57(65)69(4,5)58-21-11-15-26-66(58)74/h8-43,72H,71H2,1-7H3. The first-order chi connectivity index (χ1) is 35.8. The molecule has 360 valence electrons. The van der Waals surface area contributed by atoms with Crippen molar-refractivity contribution in [2.45, 2.75) is 64.7 Å². The zero-order chi connectivity index (χ0) is 50.7. The lowest BCUT2D eigenvalue weighted by Gasteiger charge is -2.42. The molecule has 10 aromatic rings. The number of nitrogens with zero attached hydrogens (tertiary/aromatic N) is 2. The maximum Gasteiger partial charge on any atom is 0.0502 e. The summed E-state index contributed by atoms with van der Waals surface area (Å²) in [5.74, 6) is 0. The van der Waals surface area contributed by atoms with Crippen LogP contribution in [0.1, 0.15) is 80.5 Å². The number of nitrogens with two attached hydrogens (primary N) is 1. The van der Waals surface area contributed by atoms with E-state index in [4.69, 9.17) is 5.73 Å². The van der Waals surface area contributed by atoms with Gasteiger partial charge in [0.05, 0.1) is 22.7 Å². The van der Waals surface area contributed by atoms with Crippen LogP contribution in [0.25, 0.3) is 44.5 Å². The monoisotopic (exact) mass is 956 g/mol. The minimum Gasteiger partial charge on any atom is -0.398 e. The van der Waals surface area contributed by atoms with Crippen molar-refractivity contribution in [3.05, 3.63) is 257 Å². The van der Waals surface area contributed by atoms with Crippen LogP contribution < -0.4 is 20.9 Å². The number of hydrogen-bond donors (Lipinski definition) is 2. The van der Waals surface area contributed by atoms with E-state index in [2.05, 4.69) is 282 Å². The molecule has 0 saturated carbocycles. The Labute approximate surface area is 436 Å². The molecule has 0 amide bonds. The highest BCUT2D eigenvalue weighted by molar-refractivity contribution is 5.92. The lowest BCUT2D eigenvalue weighted by Crippen LogP contribution is -2.30. The van der Waals surface area contributed by atoms with Gasteiger partial charge >= 0.3 is 0 Å². The van der Waals surface area contributed by atoms with E-state index in [9.17, 15) is 0 Å². The van der Waals surface area contributed by atoms with Crippen molar-refractivity contribution in [2.24, 2.45) is 0 Å². The number of nitrogens with one attached hydrogen (secondary N) is 1. The largest absolute Gasteiger partial charge is 0.398 e. The van der Waals surface area contributed by atoms with E-state index in [1.54, 1.807) is 0 Å². The number of fused-ring (bicyclic) bond motifs is 6. The summed E-state index contributed by atoms with van der Waals surface area (Å²) in [6.07, 6.45) is 0. The van der Waals surface area contributed by atoms with Gasteiger partial charge in [0.2, 0.25) is 0 Å². The van der Waals surface area contributed by atoms with Gasteiger partial charge in [-0.2, -0.15) is 0 Å². The summed E-state index contributed by atoms with van der Waals surface area (Å²) in [5, 5.41) is 3.86. The third-order valence-electron chi connectivity index (χ3n) is 16.7. The Bertz CT molecular complexity index is 3780. The normalized spacial score (nSPS) is 15.1. The molecule has 0 atom stereocenters. The highest BCUT2D eigenvalue weighted by atomic mass is 15.2. The molecule has 0 aromatic heterocycles. The molecule has 3 heterocycles. The van der Waals surface area contributed by atoms with Crippen molar-refractivity contribution in [3.8, 4) is 44.5 Å². The van der Waals surface area contributed by atoms with E-state index in [1.165, 1.54) is 78.4 Å². The van der Waals surface area contributed by atoms with Gasteiger partial charge < -0.3 is 20.9 Å². The summed E-state index contributed by atoms with van der Waals surface area (Å²) in [5.41, 5.74) is 34.9. The van der Waals surface area contributed by atoms with Crippen molar-refractivity contribution in [1.82, 2.24) is 0 Å². The summed E-state index contributed by atoms with van der Waals surface area (Å²) < 4.78 is 0. The molecule has 3 aliphatic heterocycles. The Hall–Kier alpha value is -8.60. The van der Waals surface area contributed by atoms with Crippen LogP contribution in [-0.4, -0.2) is 0 Å². The van der Waals surface area contributed by atoms with Crippen LogP contribution in [0.5, 0.6) is 0 Å². The predicted molar refractivity (Wildman–Crippen MR) is 313 cm³/mol. The Morgan fingerprint density at radius 1 is 0.338 bits per heavy atom. The second-order valence-corrected chi connectivity index (χ2v) is 22.2. The molecule has 0 saturated heterocycles. The molecule has 0 radical (unpaired) electrons. The first-order valence-corrected chi connectivity index (χ1v) is 26.0. The quantitative estimate of drug-likeness (QED) is 0.163. The van der Waals surface area contributed by atoms with E-state index in [1.807, 2.05) is 0 Å². The van der Waals surface area contributed by atoms with Gasteiger partial charge in [-0.05, 0) is 170 Å². The van der Waals surface area contributed by atoms with Crippen LogP contribution in [0.2, 0.25) is 0 Å². The fourth-order valence-electron chi connectivity index (χ4n) is 12.7. The van der Waals surface area contributed by atoms with Gasteiger partial charge in [0.25, 0.3) is 0 Å². The SMILES string of the molecule is Cc1ccc(-c2cccc3c2C(C)(C)c2cc(-c4ccc(N5c6ccccc6C(C)(C)c6ccccc65)cc4)ccc2N3)cc1-c1cc(-c2ccc(N3c4ccccc4C(C)(C)c4ccccc43)cc2)ccc1N. The molecule has 4 heteroatoms. The molecule has 10 aromatic carbocycles. The molecular weight excluding hydrogens is 897 g/mol. The van der Waals surface area contributed by atoms with Crippen LogP contribution in [0.15, 0.2) is 218 Å². The van der Waals surface area contributed by atoms with Gasteiger partial charge in [-0.25, -0.2) is 0 Å². The Balaban J connectivity index is 0.814. The van der Waals surface area contributed by atoms with Gasteiger partial charge in [0.15, 0.2) is 0 Å². The van der Waals surface area contributed by atoms with Crippen molar-refractivity contribution < 1.29 is 0 Å². The molecule has 0 fully saturated rings. The number of hydrogen-bond acceptors (Lipinski definition) is 4. The molecule has 0 spiro atoms. The summed E-state index contributed by atoms with van der Waals surface area (Å²) >= 11 is 0. The number of nitrogen functional groups attached to an aromatic ring is 1. The first kappa shape index (κ1) is 45.3. The molecule has 4 nitrogen and oxygen atoms in total. The molecule has 3 N–H and O–H groups in total. The van der Waals surface area contributed by atoms with Crippen LogP contribution >= 0.6 is 0 Å². The van der Waals surface area contributed by atoms with Gasteiger partial charge in [-0.1, -0.05) is 175 Å². The van der Waals surface area contributed by atoms with E-state index in [-0.39, 0.29) is 16.2 Å². The fraction of sp³-hybridized carbons (Fsp3) is 0.143. The summed E-state index contributed by atoms with van der Waals surface area (Å²) in [6, 6.07) is 80.4. The zero-order valence-electron chi connectivity index (χ0n) is 43.3. The Morgan fingerprint density at radius 3 is 1.28 bits per heavy atom. The van der Waals surface area contributed by atoms with Gasteiger partial charge in [0.1, 0.15) is 0 Å². The van der Waals surface area contributed by atoms with E-state index >= 15 is 0 Å². The molecule has 0 unspecified atom stereocenters. The van der Waals surface area contributed by atoms with Crippen molar-refractivity contribution >= 4 is 51.2 Å². The number of anilines is 9. The number of benzene rings is 10. The van der Waals surface area contributed by atoms with Gasteiger partial charge in [0, 0.05) is 50.2 Å². The minimum atomic E-state index is -0.318. The zero-order valence-corrected chi connectivity index (χ0v) is 43.3. The number of para-hydroxylation sites is 4. The maximum absolute atomic E-state index is 6.94. The topological polar surface area (TPSA) is 44.5 Å². The van der Waals surface area contributed by atoms with Crippen LogP contribution in [0.3, 0.4) is 0 Å². The van der Waals surface area contributed by atoms with Crippen molar-refractivity contribution in [3.63, 3.8) is 0 Å². The second-order valence-electron chi connectivity index (χ2n) is 22.2. The average Bonchev–Trinajstić information content (AvgIpc) is 3.44.